The van der Waals surface area contributed by atoms with Gasteiger partial charge < -0.3 is 10.6 Å². The van der Waals surface area contributed by atoms with Crippen molar-refractivity contribution in [2.75, 3.05) is 18.8 Å². The second kappa shape index (κ2) is 7.92. The van der Waals surface area contributed by atoms with E-state index in [1.165, 1.54) is 22.6 Å². The van der Waals surface area contributed by atoms with Crippen molar-refractivity contribution in [3.63, 3.8) is 0 Å². The SMILES string of the molecule is CCc1ccc(CNC(=O)CSC2CCNCC2)s1. The molecule has 0 bridgehead atoms. The molecule has 0 aliphatic carbocycles. The molecule has 0 radical (unpaired) electrons. The van der Waals surface area contributed by atoms with Gasteiger partial charge in [0.25, 0.3) is 0 Å². The van der Waals surface area contributed by atoms with Crippen molar-refractivity contribution >= 4 is 29.0 Å². The van der Waals surface area contributed by atoms with E-state index in [1.807, 2.05) is 0 Å². The first-order chi connectivity index (χ1) is 9.28. The average Bonchev–Trinajstić information content (AvgIpc) is 2.92. The van der Waals surface area contributed by atoms with Crippen LogP contribution in [0.3, 0.4) is 0 Å². The van der Waals surface area contributed by atoms with E-state index in [2.05, 4.69) is 29.7 Å². The van der Waals surface area contributed by atoms with Gasteiger partial charge in [0.15, 0.2) is 0 Å². The van der Waals surface area contributed by atoms with E-state index in [9.17, 15) is 4.79 Å². The molecule has 5 heteroatoms. The second-order valence-electron chi connectivity index (χ2n) is 4.76. The van der Waals surface area contributed by atoms with Crippen LogP contribution in [-0.2, 0) is 17.8 Å². The van der Waals surface area contributed by atoms with Gasteiger partial charge in [-0.05, 0) is 44.5 Å². The van der Waals surface area contributed by atoms with Crippen LogP contribution in [0.25, 0.3) is 0 Å². The van der Waals surface area contributed by atoms with Crippen molar-refractivity contribution in [1.82, 2.24) is 10.6 Å². The molecular weight excluding hydrogens is 276 g/mol. The van der Waals surface area contributed by atoms with E-state index in [1.54, 1.807) is 23.1 Å². The number of hydrogen-bond donors (Lipinski definition) is 2. The minimum atomic E-state index is 0.162. The third kappa shape index (κ3) is 5.16. The number of amides is 1. The normalized spacial score (nSPS) is 16.5. The molecule has 1 fully saturated rings. The summed E-state index contributed by atoms with van der Waals surface area (Å²) in [5.41, 5.74) is 0. The zero-order valence-corrected chi connectivity index (χ0v) is 13.0. The Hall–Kier alpha value is -0.520. The number of thioether (sulfide) groups is 1. The summed E-state index contributed by atoms with van der Waals surface area (Å²) in [6.45, 7) is 5.02. The van der Waals surface area contributed by atoms with E-state index in [0.29, 0.717) is 17.5 Å². The third-order valence-electron chi connectivity index (χ3n) is 3.26. The van der Waals surface area contributed by atoms with Crippen LogP contribution in [0.15, 0.2) is 12.1 Å². The quantitative estimate of drug-likeness (QED) is 0.847. The highest BCUT2D eigenvalue weighted by molar-refractivity contribution is 8.00. The predicted molar refractivity (Wildman–Crippen MR) is 83.9 cm³/mol. The number of piperidine rings is 1. The average molecular weight is 298 g/mol. The lowest BCUT2D eigenvalue weighted by Gasteiger charge is -2.21. The van der Waals surface area contributed by atoms with Crippen molar-refractivity contribution in [3.05, 3.63) is 21.9 Å². The lowest BCUT2D eigenvalue weighted by atomic mass is 10.2. The Labute approximate surface area is 123 Å². The summed E-state index contributed by atoms with van der Waals surface area (Å²) in [5.74, 6) is 0.756. The first-order valence-electron chi connectivity index (χ1n) is 6.94. The smallest absolute Gasteiger partial charge is 0.230 e. The molecule has 2 N–H and O–H groups in total. The Morgan fingerprint density at radius 1 is 1.42 bits per heavy atom. The number of carbonyl (C=O) groups excluding carboxylic acids is 1. The summed E-state index contributed by atoms with van der Waals surface area (Å²) in [7, 11) is 0. The van der Waals surface area contributed by atoms with Gasteiger partial charge in [-0.2, -0.15) is 0 Å². The number of thiophene rings is 1. The van der Waals surface area contributed by atoms with Gasteiger partial charge in [0.2, 0.25) is 5.91 Å². The van der Waals surface area contributed by atoms with E-state index >= 15 is 0 Å². The highest BCUT2D eigenvalue weighted by Crippen LogP contribution is 2.20. The second-order valence-corrected chi connectivity index (χ2v) is 7.30. The van der Waals surface area contributed by atoms with Gasteiger partial charge in [0.05, 0.1) is 12.3 Å². The van der Waals surface area contributed by atoms with Gasteiger partial charge >= 0.3 is 0 Å². The monoisotopic (exact) mass is 298 g/mol. The zero-order valence-electron chi connectivity index (χ0n) is 11.4. The lowest BCUT2D eigenvalue weighted by Crippen LogP contribution is -2.31. The highest BCUT2D eigenvalue weighted by atomic mass is 32.2. The van der Waals surface area contributed by atoms with Crippen LogP contribution in [0.4, 0.5) is 0 Å². The molecule has 0 spiro atoms. The summed E-state index contributed by atoms with van der Waals surface area (Å²) in [6.07, 6.45) is 3.44. The standard InChI is InChI=1S/C14H22N2OS2/c1-2-11-3-4-13(19-11)9-16-14(17)10-18-12-5-7-15-8-6-12/h3-4,12,15H,2,5-10H2,1H3,(H,16,17). The van der Waals surface area contributed by atoms with Crippen LogP contribution < -0.4 is 10.6 Å². The summed E-state index contributed by atoms with van der Waals surface area (Å²) in [6, 6.07) is 4.26. The van der Waals surface area contributed by atoms with Gasteiger partial charge in [-0.1, -0.05) is 6.92 Å². The summed E-state index contributed by atoms with van der Waals surface area (Å²) in [5, 5.41) is 7.01. The Bertz CT molecular complexity index is 400. The lowest BCUT2D eigenvalue weighted by molar-refractivity contribution is -0.118. The maximum Gasteiger partial charge on any atom is 0.230 e. The number of rotatable bonds is 6. The molecule has 19 heavy (non-hydrogen) atoms. The molecular formula is C14H22N2OS2. The van der Waals surface area contributed by atoms with Crippen LogP contribution >= 0.6 is 23.1 Å². The summed E-state index contributed by atoms with van der Waals surface area (Å²) >= 11 is 3.59. The number of carbonyl (C=O) groups is 1. The summed E-state index contributed by atoms with van der Waals surface area (Å²) < 4.78 is 0. The number of hydrogen-bond acceptors (Lipinski definition) is 4. The van der Waals surface area contributed by atoms with E-state index in [0.717, 1.165) is 19.5 Å². The Kier molecular flexibility index (Phi) is 6.20. The van der Waals surface area contributed by atoms with Crippen LogP contribution in [0.2, 0.25) is 0 Å². The summed E-state index contributed by atoms with van der Waals surface area (Å²) in [4.78, 5) is 14.4. The molecule has 1 aliphatic heterocycles. The highest BCUT2D eigenvalue weighted by Gasteiger charge is 2.14. The van der Waals surface area contributed by atoms with Gasteiger partial charge in [0, 0.05) is 15.0 Å². The molecule has 106 valence electrons. The van der Waals surface area contributed by atoms with Crippen molar-refractivity contribution in [2.24, 2.45) is 0 Å². The third-order valence-corrected chi connectivity index (χ3v) is 5.86. The van der Waals surface area contributed by atoms with E-state index < -0.39 is 0 Å². The van der Waals surface area contributed by atoms with Gasteiger partial charge in [-0.15, -0.1) is 23.1 Å². The van der Waals surface area contributed by atoms with E-state index in [-0.39, 0.29) is 5.91 Å². The fourth-order valence-corrected chi connectivity index (χ4v) is 4.06. The van der Waals surface area contributed by atoms with Crippen molar-refractivity contribution in [2.45, 2.75) is 38.0 Å². The fourth-order valence-electron chi connectivity index (χ4n) is 2.10. The predicted octanol–water partition coefficient (Wildman–Crippen LogP) is 2.41. The molecule has 1 aromatic rings. The molecule has 1 amide bonds. The molecule has 0 aromatic carbocycles. The van der Waals surface area contributed by atoms with Crippen molar-refractivity contribution in [3.8, 4) is 0 Å². The molecule has 1 aromatic heterocycles. The molecule has 0 atom stereocenters. The largest absolute Gasteiger partial charge is 0.350 e. The maximum atomic E-state index is 11.8. The number of nitrogens with one attached hydrogen (secondary N) is 2. The Balaban J connectivity index is 1.63. The topological polar surface area (TPSA) is 41.1 Å². The Morgan fingerprint density at radius 3 is 2.84 bits per heavy atom. The molecule has 2 rings (SSSR count). The molecule has 2 heterocycles. The van der Waals surface area contributed by atoms with Crippen LogP contribution in [0.1, 0.15) is 29.5 Å². The van der Waals surface area contributed by atoms with Gasteiger partial charge in [-0.25, -0.2) is 0 Å². The molecule has 0 saturated carbocycles. The van der Waals surface area contributed by atoms with Crippen LogP contribution in [0, 0.1) is 0 Å². The molecule has 3 nitrogen and oxygen atoms in total. The Morgan fingerprint density at radius 2 is 2.16 bits per heavy atom. The van der Waals surface area contributed by atoms with Crippen LogP contribution in [-0.4, -0.2) is 30.0 Å². The number of aryl methyl sites for hydroxylation is 1. The van der Waals surface area contributed by atoms with E-state index in [4.69, 9.17) is 0 Å². The van der Waals surface area contributed by atoms with Crippen LogP contribution in [0.5, 0.6) is 0 Å². The first kappa shape index (κ1) is 14.9. The maximum absolute atomic E-state index is 11.8. The molecule has 1 aliphatic rings. The van der Waals surface area contributed by atoms with Gasteiger partial charge in [-0.3, -0.25) is 4.79 Å². The van der Waals surface area contributed by atoms with Gasteiger partial charge in [0.1, 0.15) is 0 Å². The first-order valence-corrected chi connectivity index (χ1v) is 8.81. The minimum absolute atomic E-state index is 0.162. The fraction of sp³-hybridized carbons (Fsp3) is 0.643. The minimum Gasteiger partial charge on any atom is -0.350 e. The molecule has 1 saturated heterocycles. The molecule has 0 unspecified atom stereocenters. The zero-order chi connectivity index (χ0) is 13.5. The van der Waals surface area contributed by atoms with Crippen molar-refractivity contribution in [1.29, 1.82) is 0 Å². The van der Waals surface area contributed by atoms with Crippen molar-refractivity contribution < 1.29 is 4.79 Å².